The lowest BCUT2D eigenvalue weighted by atomic mass is 9.99. The van der Waals surface area contributed by atoms with Gasteiger partial charge in [-0.15, -0.1) is 0 Å². The molecular formula is C25H24O5. The van der Waals surface area contributed by atoms with Crippen LogP contribution in [0.3, 0.4) is 0 Å². The van der Waals surface area contributed by atoms with E-state index >= 15 is 0 Å². The van der Waals surface area contributed by atoms with E-state index in [1.807, 2.05) is 60.7 Å². The van der Waals surface area contributed by atoms with Gasteiger partial charge in [-0.2, -0.15) is 0 Å². The summed E-state index contributed by atoms with van der Waals surface area (Å²) in [5, 5.41) is 3.95. The fraction of sp³-hybridized carbons (Fsp3) is 0.200. The Morgan fingerprint density at radius 1 is 0.567 bits per heavy atom. The molecule has 0 saturated carbocycles. The molecule has 0 aliphatic rings. The standard InChI is InChI=1S/C25H24O5/c1-26-21-12-17-10-11-18-20(19(17)13-22(21)27-2)14-23(25(29-4)24(18)28-3)30-15-16-8-6-5-7-9-16/h5-14H,15H2,1-4H3. The monoisotopic (exact) mass is 404 g/mol. The molecule has 4 aromatic rings. The van der Waals surface area contributed by atoms with Crippen LogP contribution < -0.4 is 23.7 Å². The molecule has 4 aromatic carbocycles. The van der Waals surface area contributed by atoms with Gasteiger partial charge in [0, 0.05) is 5.39 Å². The molecule has 0 radical (unpaired) electrons. The van der Waals surface area contributed by atoms with Crippen molar-refractivity contribution in [2.45, 2.75) is 6.61 Å². The van der Waals surface area contributed by atoms with E-state index in [2.05, 4.69) is 0 Å². The highest BCUT2D eigenvalue weighted by molar-refractivity contribution is 6.11. The van der Waals surface area contributed by atoms with Crippen molar-refractivity contribution in [3.05, 3.63) is 66.2 Å². The molecule has 0 heterocycles. The fourth-order valence-electron chi connectivity index (χ4n) is 3.70. The summed E-state index contributed by atoms with van der Waals surface area (Å²) in [6.07, 6.45) is 0. The van der Waals surface area contributed by atoms with Gasteiger partial charge in [-0.05, 0) is 46.0 Å². The second-order valence-corrected chi connectivity index (χ2v) is 6.80. The van der Waals surface area contributed by atoms with E-state index in [-0.39, 0.29) is 0 Å². The first-order chi connectivity index (χ1) is 14.7. The van der Waals surface area contributed by atoms with E-state index in [0.717, 1.165) is 27.1 Å². The molecule has 30 heavy (non-hydrogen) atoms. The summed E-state index contributed by atoms with van der Waals surface area (Å²) in [6, 6.07) is 20.0. The van der Waals surface area contributed by atoms with Crippen molar-refractivity contribution in [2.24, 2.45) is 0 Å². The van der Waals surface area contributed by atoms with Gasteiger partial charge in [-0.25, -0.2) is 0 Å². The molecule has 0 amide bonds. The van der Waals surface area contributed by atoms with E-state index in [9.17, 15) is 0 Å². The molecule has 0 spiro atoms. The Hall–Kier alpha value is -3.60. The molecule has 0 atom stereocenters. The molecule has 0 unspecified atom stereocenters. The first-order valence-corrected chi connectivity index (χ1v) is 9.60. The minimum atomic E-state index is 0.424. The molecule has 5 nitrogen and oxygen atoms in total. The van der Waals surface area contributed by atoms with Crippen molar-refractivity contribution < 1.29 is 23.7 Å². The predicted molar refractivity (Wildman–Crippen MR) is 118 cm³/mol. The van der Waals surface area contributed by atoms with Crippen LogP contribution >= 0.6 is 0 Å². The Balaban J connectivity index is 1.92. The molecular weight excluding hydrogens is 380 g/mol. The van der Waals surface area contributed by atoms with Crippen LogP contribution in [0.25, 0.3) is 21.5 Å². The van der Waals surface area contributed by atoms with Crippen molar-refractivity contribution in [1.29, 1.82) is 0 Å². The third kappa shape index (κ3) is 3.43. The van der Waals surface area contributed by atoms with E-state index in [1.165, 1.54) is 0 Å². The Bertz CT molecular complexity index is 1180. The average molecular weight is 404 g/mol. The lowest BCUT2D eigenvalue weighted by Crippen LogP contribution is -2.00. The number of methoxy groups -OCH3 is 4. The molecule has 154 valence electrons. The van der Waals surface area contributed by atoms with Crippen LogP contribution in [0, 0.1) is 0 Å². The van der Waals surface area contributed by atoms with Gasteiger partial charge >= 0.3 is 0 Å². The molecule has 0 aliphatic carbocycles. The zero-order chi connectivity index (χ0) is 21.1. The van der Waals surface area contributed by atoms with Crippen LogP contribution in [0.2, 0.25) is 0 Å². The van der Waals surface area contributed by atoms with E-state index in [4.69, 9.17) is 23.7 Å². The summed E-state index contributed by atoms with van der Waals surface area (Å²) in [6.45, 7) is 0.424. The van der Waals surface area contributed by atoms with Crippen molar-refractivity contribution in [1.82, 2.24) is 0 Å². The van der Waals surface area contributed by atoms with Gasteiger partial charge < -0.3 is 23.7 Å². The summed E-state index contributed by atoms with van der Waals surface area (Å²) in [5.41, 5.74) is 1.07. The van der Waals surface area contributed by atoms with Crippen molar-refractivity contribution in [3.8, 4) is 28.7 Å². The molecule has 0 N–H and O–H groups in total. The molecule has 4 rings (SSSR count). The SMILES string of the molecule is COc1cc2ccc3c(OC)c(OC)c(OCc4ccccc4)cc3c2cc1OC. The van der Waals surface area contributed by atoms with Crippen LogP contribution in [0.15, 0.2) is 60.7 Å². The van der Waals surface area contributed by atoms with E-state index in [0.29, 0.717) is 35.4 Å². The third-order valence-corrected chi connectivity index (χ3v) is 5.16. The zero-order valence-electron chi connectivity index (χ0n) is 17.5. The summed E-state index contributed by atoms with van der Waals surface area (Å²) in [7, 11) is 6.52. The largest absolute Gasteiger partial charge is 0.493 e. The summed E-state index contributed by atoms with van der Waals surface area (Å²) >= 11 is 0. The first kappa shape index (κ1) is 19.7. The summed E-state index contributed by atoms with van der Waals surface area (Å²) in [5.74, 6) is 3.17. The minimum absolute atomic E-state index is 0.424. The topological polar surface area (TPSA) is 46.2 Å². The average Bonchev–Trinajstić information content (AvgIpc) is 2.81. The Kier molecular flexibility index (Phi) is 5.53. The van der Waals surface area contributed by atoms with Crippen LogP contribution in [0.5, 0.6) is 28.7 Å². The number of fused-ring (bicyclic) bond motifs is 3. The second kappa shape index (κ2) is 8.41. The molecule has 0 fully saturated rings. The van der Waals surface area contributed by atoms with Gasteiger partial charge in [0.05, 0.1) is 28.4 Å². The van der Waals surface area contributed by atoms with Gasteiger partial charge in [-0.3, -0.25) is 0 Å². The minimum Gasteiger partial charge on any atom is -0.493 e. The van der Waals surface area contributed by atoms with Crippen LogP contribution in [-0.2, 0) is 6.61 Å². The fourth-order valence-corrected chi connectivity index (χ4v) is 3.70. The number of ether oxygens (including phenoxy) is 5. The second-order valence-electron chi connectivity index (χ2n) is 6.80. The molecule has 0 aliphatic heterocycles. The highest BCUT2D eigenvalue weighted by atomic mass is 16.5. The lowest BCUT2D eigenvalue weighted by Gasteiger charge is -2.18. The maximum absolute atomic E-state index is 6.15. The van der Waals surface area contributed by atoms with Crippen LogP contribution in [0.1, 0.15) is 5.56 Å². The normalized spacial score (nSPS) is 10.8. The van der Waals surface area contributed by atoms with Crippen molar-refractivity contribution >= 4 is 21.5 Å². The highest BCUT2D eigenvalue weighted by Crippen LogP contribution is 2.46. The highest BCUT2D eigenvalue weighted by Gasteiger charge is 2.19. The number of hydrogen-bond acceptors (Lipinski definition) is 5. The molecule has 5 heteroatoms. The number of hydrogen-bond donors (Lipinski definition) is 0. The summed E-state index contributed by atoms with van der Waals surface area (Å²) < 4.78 is 28.5. The lowest BCUT2D eigenvalue weighted by molar-refractivity contribution is 0.277. The van der Waals surface area contributed by atoms with Crippen LogP contribution in [0.4, 0.5) is 0 Å². The summed E-state index contributed by atoms with van der Waals surface area (Å²) in [4.78, 5) is 0. The Morgan fingerprint density at radius 2 is 1.23 bits per heavy atom. The van der Waals surface area contributed by atoms with Gasteiger partial charge in [0.25, 0.3) is 0 Å². The molecule has 0 aromatic heterocycles. The number of rotatable bonds is 7. The smallest absolute Gasteiger partial charge is 0.203 e. The van der Waals surface area contributed by atoms with Gasteiger partial charge in [0.2, 0.25) is 5.75 Å². The van der Waals surface area contributed by atoms with Gasteiger partial charge in [-0.1, -0.05) is 36.4 Å². The maximum atomic E-state index is 6.15. The van der Waals surface area contributed by atoms with E-state index < -0.39 is 0 Å². The van der Waals surface area contributed by atoms with Crippen LogP contribution in [-0.4, -0.2) is 28.4 Å². The maximum Gasteiger partial charge on any atom is 0.203 e. The first-order valence-electron chi connectivity index (χ1n) is 9.60. The predicted octanol–water partition coefficient (Wildman–Crippen LogP) is 5.61. The van der Waals surface area contributed by atoms with Crippen molar-refractivity contribution in [3.63, 3.8) is 0 Å². The number of benzene rings is 4. The Morgan fingerprint density at radius 3 is 1.90 bits per heavy atom. The quantitative estimate of drug-likeness (QED) is 0.375. The van der Waals surface area contributed by atoms with Crippen molar-refractivity contribution in [2.75, 3.05) is 28.4 Å². The molecule has 0 bridgehead atoms. The van der Waals surface area contributed by atoms with E-state index in [1.54, 1.807) is 28.4 Å². The third-order valence-electron chi connectivity index (χ3n) is 5.16. The molecule has 0 saturated heterocycles. The van der Waals surface area contributed by atoms with Gasteiger partial charge in [0.15, 0.2) is 23.0 Å². The zero-order valence-corrected chi connectivity index (χ0v) is 17.5. The van der Waals surface area contributed by atoms with Gasteiger partial charge in [0.1, 0.15) is 6.61 Å². The Labute approximate surface area is 175 Å².